The second-order valence-corrected chi connectivity index (χ2v) is 4.56. The largest absolute Gasteiger partial charge is 0.441 e. The zero-order valence-electron chi connectivity index (χ0n) is 11.0. The van der Waals surface area contributed by atoms with Crippen LogP contribution in [0.1, 0.15) is 53.4 Å². The molecular weight excluding hydrogens is 202 g/mol. The summed E-state index contributed by atoms with van der Waals surface area (Å²) in [5, 5.41) is 0. The Kier molecular flexibility index (Phi) is 6.34. The number of rotatable bonds is 7. The maximum atomic E-state index is 11.5. The first-order chi connectivity index (χ1) is 7.37. The average Bonchev–Trinajstić information content (AvgIpc) is 2.18. The molecule has 0 amide bonds. The standard InChI is InChI=1S/C13H25NO2/c1-6-8-11(5)13(14,9-7-2)16-12(15)10(3)4/h11H,3,6-9,14H2,1-2,4-5H3. The molecule has 0 spiro atoms. The zero-order chi connectivity index (χ0) is 12.8. The topological polar surface area (TPSA) is 52.3 Å². The molecule has 16 heavy (non-hydrogen) atoms. The van der Waals surface area contributed by atoms with Crippen LogP contribution in [-0.4, -0.2) is 11.7 Å². The fourth-order valence-electron chi connectivity index (χ4n) is 1.73. The Bertz CT molecular complexity index is 250. The molecule has 0 saturated heterocycles. The van der Waals surface area contributed by atoms with Crippen molar-refractivity contribution in [3.05, 3.63) is 12.2 Å². The molecule has 0 aliphatic carbocycles. The van der Waals surface area contributed by atoms with E-state index in [9.17, 15) is 4.79 Å². The van der Waals surface area contributed by atoms with E-state index in [4.69, 9.17) is 10.5 Å². The summed E-state index contributed by atoms with van der Waals surface area (Å²) in [5.74, 6) is -0.223. The maximum Gasteiger partial charge on any atom is 0.334 e. The molecule has 2 atom stereocenters. The van der Waals surface area contributed by atoms with Crippen molar-refractivity contribution in [3.63, 3.8) is 0 Å². The van der Waals surface area contributed by atoms with Gasteiger partial charge in [0.2, 0.25) is 0 Å². The van der Waals surface area contributed by atoms with Gasteiger partial charge < -0.3 is 4.74 Å². The fraction of sp³-hybridized carbons (Fsp3) is 0.769. The summed E-state index contributed by atoms with van der Waals surface area (Å²) in [4.78, 5) is 11.5. The summed E-state index contributed by atoms with van der Waals surface area (Å²) in [6.07, 6.45) is 3.58. The summed E-state index contributed by atoms with van der Waals surface area (Å²) in [6, 6.07) is 0. The molecule has 0 radical (unpaired) electrons. The molecule has 0 rings (SSSR count). The molecular formula is C13H25NO2. The Morgan fingerprint density at radius 1 is 1.44 bits per heavy atom. The van der Waals surface area contributed by atoms with Gasteiger partial charge in [-0.2, -0.15) is 0 Å². The first-order valence-electron chi connectivity index (χ1n) is 6.05. The van der Waals surface area contributed by atoms with Gasteiger partial charge in [-0.3, -0.25) is 5.73 Å². The lowest BCUT2D eigenvalue weighted by Crippen LogP contribution is -2.50. The van der Waals surface area contributed by atoms with Crippen LogP contribution in [0.25, 0.3) is 0 Å². The van der Waals surface area contributed by atoms with Gasteiger partial charge in [-0.1, -0.05) is 40.2 Å². The molecule has 94 valence electrons. The Labute approximate surface area is 99.0 Å². The lowest BCUT2D eigenvalue weighted by Gasteiger charge is -2.35. The molecule has 0 aromatic carbocycles. The summed E-state index contributed by atoms with van der Waals surface area (Å²) in [7, 11) is 0. The Hall–Kier alpha value is -0.830. The van der Waals surface area contributed by atoms with Crippen LogP contribution in [0.3, 0.4) is 0 Å². The number of carbonyl (C=O) groups excluding carboxylic acids is 1. The van der Waals surface area contributed by atoms with Crippen molar-refractivity contribution in [3.8, 4) is 0 Å². The van der Waals surface area contributed by atoms with Crippen LogP contribution in [0.2, 0.25) is 0 Å². The molecule has 0 fully saturated rings. The van der Waals surface area contributed by atoms with Crippen molar-refractivity contribution in [2.45, 2.75) is 59.1 Å². The summed E-state index contributed by atoms with van der Waals surface area (Å²) in [5.41, 5.74) is 5.74. The highest BCUT2D eigenvalue weighted by atomic mass is 16.6. The molecule has 3 nitrogen and oxygen atoms in total. The van der Waals surface area contributed by atoms with Crippen LogP contribution in [0.15, 0.2) is 12.2 Å². The predicted molar refractivity (Wildman–Crippen MR) is 66.8 cm³/mol. The predicted octanol–water partition coefficient (Wildman–Crippen LogP) is 3.00. The molecule has 2 N–H and O–H groups in total. The SMILES string of the molecule is C=C(C)C(=O)OC(N)(CCC)C(C)CCC. The zero-order valence-corrected chi connectivity index (χ0v) is 11.0. The van der Waals surface area contributed by atoms with Crippen LogP contribution in [-0.2, 0) is 9.53 Å². The number of hydrogen-bond donors (Lipinski definition) is 1. The van der Waals surface area contributed by atoms with Gasteiger partial charge >= 0.3 is 5.97 Å². The molecule has 0 aromatic heterocycles. The van der Waals surface area contributed by atoms with Gasteiger partial charge in [0.1, 0.15) is 0 Å². The Balaban J connectivity index is 4.67. The van der Waals surface area contributed by atoms with Crippen LogP contribution < -0.4 is 5.73 Å². The fourth-order valence-corrected chi connectivity index (χ4v) is 1.73. The average molecular weight is 227 g/mol. The van der Waals surface area contributed by atoms with Gasteiger partial charge in [-0.15, -0.1) is 0 Å². The van der Waals surface area contributed by atoms with Crippen LogP contribution in [0.5, 0.6) is 0 Å². The van der Waals surface area contributed by atoms with Crippen molar-refractivity contribution >= 4 is 5.97 Å². The van der Waals surface area contributed by atoms with Crippen LogP contribution in [0, 0.1) is 5.92 Å². The third kappa shape index (κ3) is 4.35. The number of carbonyl (C=O) groups is 1. The first-order valence-corrected chi connectivity index (χ1v) is 6.05. The second kappa shape index (κ2) is 6.69. The minimum Gasteiger partial charge on any atom is -0.441 e. The molecule has 2 unspecified atom stereocenters. The van der Waals surface area contributed by atoms with E-state index in [0.717, 1.165) is 19.3 Å². The molecule has 0 aliphatic heterocycles. The van der Waals surface area contributed by atoms with Gasteiger partial charge in [-0.05, 0) is 13.3 Å². The van der Waals surface area contributed by atoms with Crippen LogP contribution in [0.4, 0.5) is 0 Å². The van der Waals surface area contributed by atoms with E-state index < -0.39 is 5.72 Å². The van der Waals surface area contributed by atoms with Crippen molar-refractivity contribution in [1.82, 2.24) is 0 Å². The minimum atomic E-state index is -0.846. The quantitative estimate of drug-likeness (QED) is 0.413. The normalized spacial score (nSPS) is 16.3. The monoisotopic (exact) mass is 227 g/mol. The van der Waals surface area contributed by atoms with Crippen molar-refractivity contribution in [2.75, 3.05) is 0 Å². The maximum absolute atomic E-state index is 11.5. The van der Waals surface area contributed by atoms with Crippen molar-refractivity contribution in [2.24, 2.45) is 11.7 Å². The van der Waals surface area contributed by atoms with Gasteiger partial charge in [0.05, 0.1) is 0 Å². The highest BCUT2D eigenvalue weighted by Gasteiger charge is 2.34. The molecule has 3 heteroatoms. The Morgan fingerprint density at radius 2 is 2.00 bits per heavy atom. The highest BCUT2D eigenvalue weighted by Crippen LogP contribution is 2.26. The van der Waals surface area contributed by atoms with Gasteiger partial charge in [0.25, 0.3) is 0 Å². The van der Waals surface area contributed by atoms with Gasteiger partial charge in [0, 0.05) is 17.9 Å². The van der Waals surface area contributed by atoms with Gasteiger partial charge in [-0.25, -0.2) is 4.79 Å². The smallest absolute Gasteiger partial charge is 0.334 e. The van der Waals surface area contributed by atoms with Crippen molar-refractivity contribution in [1.29, 1.82) is 0 Å². The number of ether oxygens (including phenoxy) is 1. The Morgan fingerprint density at radius 3 is 2.38 bits per heavy atom. The van der Waals surface area contributed by atoms with E-state index in [0.29, 0.717) is 12.0 Å². The molecule has 0 bridgehead atoms. The van der Waals surface area contributed by atoms with E-state index in [1.54, 1.807) is 6.92 Å². The third-order valence-electron chi connectivity index (χ3n) is 2.83. The third-order valence-corrected chi connectivity index (χ3v) is 2.83. The molecule has 0 heterocycles. The molecule has 0 aliphatic rings. The molecule has 0 aromatic rings. The lowest BCUT2D eigenvalue weighted by atomic mass is 9.90. The van der Waals surface area contributed by atoms with Crippen LogP contribution >= 0.6 is 0 Å². The molecule has 0 saturated carbocycles. The minimum absolute atomic E-state index is 0.167. The summed E-state index contributed by atoms with van der Waals surface area (Å²) < 4.78 is 5.39. The van der Waals surface area contributed by atoms with E-state index >= 15 is 0 Å². The van der Waals surface area contributed by atoms with E-state index in [-0.39, 0.29) is 11.9 Å². The first kappa shape index (κ1) is 15.2. The number of esters is 1. The number of nitrogens with two attached hydrogens (primary N) is 1. The second-order valence-electron chi connectivity index (χ2n) is 4.56. The highest BCUT2D eigenvalue weighted by molar-refractivity contribution is 5.87. The summed E-state index contributed by atoms with van der Waals surface area (Å²) in [6.45, 7) is 11.4. The summed E-state index contributed by atoms with van der Waals surface area (Å²) >= 11 is 0. The van der Waals surface area contributed by atoms with Crippen molar-refractivity contribution < 1.29 is 9.53 Å². The number of hydrogen-bond acceptors (Lipinski definition) is 3. The van der Waals surface area contributed by atoms with E-state index in [2.05, 4.69) is 13.5 Å². The lowest BCUT2D eigenvalue weighted by molar-refractivity contribution is -0.161. The van der Waals surface area contributed by atoms with Gasteiger partial charge in [0.15, 0.2) is 5.72 Å². The van der Waals surface area contributed by atoms with E-state index in [1.165, 1.54) is 0 Å². The van der Waals surface area contributed by atoms with E-state index in [1.807, 2.05) is 13.8 Å².